The molecule has 2 rings (SSSR count). The van der Waals surface area contributed by atoms with Gasteiger partial charge in [0.05, 0.1) is 0 Å². The van der Waals surface area contributed by atoms with E-state index in [2.05, 4.69) is 10.9 Å². The highest BCUT2D eigenvalue weighted by molar-refractivity contribution is 6.00. The summed E-state index contributed by atoms with van der Waals surface area (Å²) in [7, 11) is 0. The molecule has 2 amide bonds. The van der Waals surface area contributed by atoms with Crippen molar-refractivity contribution in [3.63, 3.8) is 0 Å². The van der Waals surface area contributed by atoms with E-state index in [1.165, 1.54) is 36.4 Å². The number of phenolic OH excluding ortho intramolecular Hbond substituents is 1. The van der Waals surface area contributed by atoms with Crippen LogP contribution in [0.3, 0.4) is 0 Å². The number of carbonyl (C=O) groups excluding carboxylic acids is 2. The normalized spacial score (nSPS) is 9.82. The van der Waals surface area contributed by atoms with Crippen LogP contribution >= 0.6 is 0 Å². The van der Waals surface area contributed by atoms with Gasteiger partial charge in [0.15, 0.2) is 0 Å². The molecule has 0 atom stereocenters. The SMILES string of the molecule is N=C(N)c1ccc(C(=O)NNC(=O)c2ccc(O)cc2)cc1. The Bertz CT molecular complexity index is 709. The Morgan fingerprint density at radius 3 is 1.59 bits per heavy atom. The molecule has 0 aliphatic heterocycles. The molecule has 7 nitrogen and oxygen atoms in total. The number of rotatable bonds is 3. The molecule has 0 radical (unpaired) electrons. The Balaban J connectivity index is 1.96. The van der Waals surface area contributed by atoms with Gasteiger partial charge in [-0.1, -0.05) is 12.1 Å². The minimum absolute atomic E-state index is 0.0474. The molecule has 0 bridgehead atoms. The molecular weight excluding hydrogens is 284 g/mol. The maximum absolute atomic E-state index is 11.9. The van der Waals surface area contributed by atoms with E-state index in [9.17, 15) is 9.59 Å². The van der Waals surface area contributed by atoms with Crippen LogP contribution in [-0.4, -0.2) is 22.8 Å². The lowest BCUT2D eigenvalue weighted by Crippen LogP contribution is -2.41. The Morgan fingerprint density at radius 1 is 0.818 bits per heavy atom. The molecule has 22 heavy (non-hydrogen) atoms. The van der Waals surface area contributed by atoms with Crippen LogP contribution in [0.5, 0.6) is 5.75 Å². The standard InChI is InChI=1S/C15H14N4O3/c16-13(17)9-1-3-10(4-2-9)14(21)18-19-15(22)11-5-7-12(20)8-6-11/h1-8,20H,(H3,16,17)(H,18,21)(H,19,22). The molecule has 0 aromatic heterocycles. The van der Waals surface area contributed by atoms with Gasteiger partial charge >= 0.3 is 0 Å². The third kappa shape index (κ3) is 3.60. The molecule has 0 aliphatic carbocycles. The van der Waals surface area contributed by atoms with Gasteiger partial charge in [-0.25, -0.2) is 0 Å². The zero-order valence-electron chi connectivity index (χ0n) is 11.5. The largest absolute Gasteiger partial charge is 0.508 e. The van der Waals surface area contributed by atoms with Crippen LogP contribution in [0.4, 0.5) is 0 Å². The predicted molar refractivity (Wildman–Crippen MR) is 80.5 cm³/mol. The van der Waals surface area contributed by atoms with Gasteiger partial charge < -0.3 is 10.8 Å². The predicted octanol–water partition coefficient (Wildman–Crippen LogP) is 0.751. The summed E-state index contributed by atoms with van der Waals surface area (Å²) in [4.78, 5) is 23.6. The highest BCUT2D eigenvalue weighted by atomic mass is 16.3. The fourth-order valence-electron chi connectivity index (χ4n) is 1.67. The van der Waals surface area contributed by atoms with Crippen molar-refractivity contribution in [1.82, 2.24) is 10.9 Å². The highest BCUT2D eigenvalue weighted by Crippen LogP contribution is 2.09. The highest BCUT2D eigenvalue weighted by Gasteiger charge is 2.09. The summed E-state index contributed by atoms with van der Waals surface area (Å²) in [5.74, 6) is -1.05. The minimum Gasteiger partial charge on any atom is -0.508 e. The van der Waals surface area contributed by atoms with Crippen molar-refractivity contribution in [2.45, 2.75) is 0 Å². The number of nitrogens with one attached hydrogen (secondary N) is 3. The summed E-state index contributed by atoms with van der Waals surface area (Å²) in [5, 5.41) is 16.4. The molecule has 6 N–H and O–H groups in total. The van der Waals surface area contributed by atoms with Crippen molar-refractivity contribution < 1.29 is 14.7 Å². The van der Waals surface area contributed by atoms with E-state index in [4.69, 9.17) is 16.2 Å². The second-order valence-electron chi connectivity index (χ2n) is 4.45. The van der Waals surface area contributed by atoms with Gasteiger partial charge in [-0.05, 0) is 36.4 Å². The van der Waals surface area contributed by atoms with Crippen LogP contribution in [-0.2, 0) is 0 Å². The summed E-state index contributed by atoms with van der Waals surface area (Å²) >= 11 is 0. The summed E-state index contributed by atoms with van der Waals surface area (Å²) in [6.45, 7) is 0. The van der Waals surface area contributed by atoms with E-state index in [-0.39, 0.29) is 11.6 Å². The number of amidine groups is 1. The third-order valence-electron chi connectivity index (χ3n) is 2.88. The second kappa shape index (κ2) is 6.40. The molecule has 112 valence electrons. The van der Waals surface area contributed by atoms with Crippen LogP contribution < -0.4 is 16.6 Å². The molecular formula is C15H14N4O3. The number of benzene rings is 2. The summed E-state index contributed by atoms with van der Waals surface area (Å²) in [6.07, 6.45) is 0. The number of nitrogen functional groups attached to an aromatic ring is 1. The van der Waals surface area contributed by atoms with Crippen molar-refractivity contribution in [2.24, 2.45) is 5.73 Å². The number of phenols is 1. The molecule has 0 heterocycles. The lowest BCUT2D eigenvalue weighted by molar-refractivity contribution is 0.0846. The van der Waals surface area contributed by atoms with Gasteiger partial charge in [0.25, 0.3) is 11.8 Å². The Hall–Kier alpha value is -3.35. The van der Waals surface area contributed by atoms with Crippen LogP contribution in [0.15, 0.2) is 48.5 Å². The molecule has 2 aromatic rings. The third-order valence-corrected chi connectivity index (χ3v) is 2.88. The van der Waals surface area contributed by atoms with E-state index in [1.807, 2.05) is 0 Å². The van der Waals surface area contributed by atoms with Crippen LogP contribution in [0.25, 0.3) is 0 Å². The summed E-state index contributed by atoms with van der Waals surface area (Å²) in [5.41, 5.74) is 11.0. The molecule has 2 aromatic carbocycles. The zero-order chi connectivity index (χ0) is 16.1. The number of hydrogen-bond acceptors (Lipinski definition) is 4. The van der Waals surface area contributed by atoms with E-state index >= 15 is 0 Å². The number of aromatic hydroxyl groups is 1. The molecule has 0 fully saturated rings. The maximum Gasteiger partial charge on any atom is 0.269 e. The van der Waals surface area contributed by atoms with Crippen LogP contribution in [0.2, 0.25) is 0 Å². The fraction of sp³-hybridized carbons (Fsp3) is 0. The average Bonchev–Trinajstić information content (AvgIpc) is 2.53. The van der Waals surface area contributed by atoms with E-state index in [0.717, 1.165) is 0 Å². The van der Waals surface area contributed by atoms with Crippen molar-refractivity contribution in [3.8, 4) is 5.75 Å². The van der Waals surface area contributed by atoms with E-state index in [0.29, 0.717) is 16.7 Å². The van der Waals surface area contributed by atoms with Crippen molar-refractivity contribution in [2.75, 3.05) is 0 Å². The quantitative estimate of drug-likeness (QED) is 0.325. The van der Waals surface area contributed by atoms with Gasteiger partial charge in [-0.3, -0.25) is 25.8 Å². The van der Waals surface area contributed by atoms with Gasteiger partial charge in [-0.15, -0.1) is 0 Å². The Morgan fingerprint density at radius 2 is 1.18 bits per heavy atom. The Labute approximate surface area is 126 Å². The number of carbonyl (C=O) groups is 2. The molecule has 0 saturated heterocycles. The van der Waals surface area contributed by atoms with E-state index < -0.39 is 11.8 Å². The smallest absolute Gasteiger partial charge is 0.269 e. The number of nitrogens with two attached hydrogens (primary N) is 1. The number of hydrogen-bond donors (Lipinski definition) is 5. The zero-order valence-corrected chi connectivity index (χ0v) is 11.5. The van der Waals surface area contributed by atoms with Crippen LogP contribution in [0.1, 0.15) is 26.3 Å². The first-order chi connectivity index (χ1) is 10.5. The topological polar surface area (TPSA) is 128 Å². The van der Waals surface area contributed by atoms with Gasteiger partial charge in [0.2, 0.25) is 0 Å². The number of hydrazine groups is 1. The van der Waals surface area contributed by atoms with Gasteiger partial charge in [-0.2, -0.15) is 0 Å². The lowest BCUT2D eigenvalue weighted by Gasteiger charge is -2.08. The molecule has 7 heteroatoms. The maximum atomic E-state index is 11.9. The second-order valence-corrected chi connectivity index (χ2v) is 4.45. The Kier molecular flexibility index (Phi) is 4.38. The molecule has 0 aliphatic rings. The first-order valence-electron chi connectivity index (χ1n) is 6.31. The number of amides is 2. The van der Waals surface area contributed by atoms with Gasteiger partial charge in [0.1, 0.15) is 11.6 Å². The van der Waals surface area contributed by atoms with Crippen molar-refractivity contribution in [3.05, 3.63) is 65.2 Å². The summed E-state index contributed by atoms with van der Waals surface area (Å²) in [6, 6.07) is 11.7. The molecule has 0 spiro atoms. The summed E-state index contributed by atoms with van der Waals surface area (Å²) < 4.78 is 0. The fourth-order valence-corrected chi connectivity index (χ4v) is 1.67. The van der Waals surface area contributed by atoms with Crippen molar-refractivity contribution >= 4 is 17.6 Å². The van der Waals surface area contributed by atoms with Crippen molar-refractivity contribution in [1.29, 1.82) is 5.41 Å². The van der Waals surface area contributed by atoms with Gasteiger partial charge in [0, 0.05) is 16.7 Å². The average molecular weight is 298 g/mol. The first kappa shape index (κ1) is 15.0. The molecule has 0 saturated carbocycles. The first-order valence-corrected chi connectivity index (χ1v) is 6.31. The van der Waals surface area contributed by atoms with E-state index in [1.54, 1.807) is 12.1 Å². The van der Waals surface area contributed by atoms with Crippen LogP contribution in [0, 0.1) is 5.41 Å². The minimum atomic E-state index is -0.506. The molecule has 0 unspecified atom stereocenters. The monoisotopic (exact) mass is 298 g/mol. The lowest BCUT2D eigenvalue weighted by atomic mass is 10.1.